The zero-order chi connectivity index (χ0) is 24.0. The minimum atomic E-state index is -3.95. The fraction of sp³-hybridized carbons (Fsp3) is 0.320. The maximum Gasteiger partial charge on any atom is 0.250 e. The molecule has 0 spiro atoms. The summed E-state index contributed by atoms with van der Waals surface area (Å²) in [4.78, 5) is 1.90. The molecule has 0 bridgehead atoms. The summed E-state index contributed by atoms with van der Waals surface area (Å²) in [6.45, 7) is 5.87. The first-order valence-corrected chi connectivity index (χ1v) is 12.6. The summed E-state index contributed by atoms with van der Waals surface area (Å²) in [6.07, 6.45) is 1.22. The Bertz CT molecular complexity index is 1320. The molecule has 1 aliphatic heterocycles. The van der Waals surface area contributed by atoms with Gasteiger partial charge in [0.25, 0.3) is 10.0 Å². The van der Waals surface area contributed by atoms with Gasteiger partial charge < -0.3 is 18.8 Å². The molecule has 1 fully saturated rings. The number of nitriles is 1. The number of nitrogens with one attached hydrogen (secondary N) is 1. The van der Waals surface area contributed by atoms with E-state index in [1.807, 2.05) is 25.1 Å². The first kappa shape index (κ1) is 24.0. The molecule has 0 aliphatic carbocycles. The standard InChI is InChI=1S/C25H27N3O5S/c1-2-31-12-9-27-34(29,30)24(18-26)17-23-7-8-25(33-23)21-4-3-20-16-22(6-5-19(20)15-21)28-10-13-32-14-11-28/h3-8,15-17,27H,2,9-14H2,1H3/b24-17+. The second-order valence-electron chi connectivity index (χ2n) is 7.76. The van der Waals surface area contributed by atoms with Gasteiger partial charge in [-0.3, -0.25) is 0 Å². The number of anilines is 1. The van der Waals surface area contributed by atoms with Gasteiger partial charge in [0, 0.05) is 43.6 Å². The van der Waals surface area contributed by atoms with E-state index in [1.165, 1.54) is 11.8 Å². The van der Waals surface area contributed by atoms with Gasteiger partial charge in [-0.1, -0.05) is 18.2 Å². The van der Waals surface area contributed by atoms with Crippen molar-refractivity contribution < 1.29 is 22.3 Å². The largest absolute Gasteiger partial charge is 0.457 e. The second kappa shape index (κ2) is 10.8. The summed E-state index contributed by atoms with van der Waals surface area (Å²) < 4.78 is 43.5. The molecule has 1 aliphatic rings. The molecular weight excluding hydrogens is 454 g/mol. The number of sulfonamides is 1. The minimum Gasteiger partial charge on any atom is -0.457 e. The number of fused-ring (bicyclic) bond motifs is 1. The van der Waals surface area contributed by atoms with Crippen LogP contribution in [0.15, 0.2) is 57.9 Å². The van der Waals surface area contributed by atoms with Crippen molar-refractivity contribution in [2.75, 3.05) is 51.0 Å². The van der Waals surface area contributed by atoms with Crippen LogP contribution >= 0.6 is 0 Å². The van der Waals surface area contributed by atoms with E-state index in [2.05, 4.69) is 27.8 Å². The second-order valence-corrected chi connectivity index (χ2v) is 9.50. The number of furan rings is 1. The van der Waals surface area contributed by atoms with E-state index in [0.29, 0.717) is 12.4 Å². The van der Waals surface area contributed by atoms with Gasteiger partial charge in [-0.15, -0.1) is 0 Å². The molecule has 34 heavy (non-hydrogen) atoms. The highest BCUT2D eigenvalue weighted by Gasteiger charge is 2.18. The molecule has 0 radical (unpaired) electrons. The van der Waals surface area contributed by atoms with Crippen LogP contribution < -0.4 is 9.62 Å². The van der Waals surface area contributed by atoms with Crippen molar-refractivity contribution in [1.82, 2.24) is 4.72 Å². The van der Waals surface area contributed by atoms with Crippen molar-refractivity contribution in [2.45, 2.75) is 6.92 Å². The summed E-state index contributed by atoms with van der Waals surface area (Å²) in [5, 5.41) is 11.6. The highest BCUT2D eigenvalue weighted by Crippen LogP contribution is 2.29. The molecule has 2 heterocycles. The zero-order valence-electron chi connectivity index (χ0n) is 19.0. The van der Waals surface area contributed by atoms with Gasteiger partial charge in [0.05, 0.1) is 19.8 Å². The van der Waals surface area contributed by atoms with E-state index in [9.17, 15) is 13.7 Å². The molecule has 0 saturated carbocycles. The van der Waals surface area contributed by atoms with Gasteiger partial charge in [0.15, 0.2) is 4.91 Å². The number of benzene rings is 2. The van der Waals surface area contributed by atoms with E-state index in [1.54, 1.807) is 18.2 Å². The number of rotatable bonds is 9. The predicted molar refractivity (Wildman–Crippen MR) is 132 cm³/mol. The summed E-state index contributed by atoms with van der Waals surface area (Å²) in [7, 11) is -3.95. The van der Waals surface area contributed by atoms with E-state index < -0.39 is 14.9 Å². The molecule has 8 nitrogen and oxygen atoms in total. The van der Waals surface area contributed by atoms with Gasteiger partial charge in [0.2, 0.25) is 0 Å². The normalized spacial score (nSPS) is 14.9. The SMILES string of the molecule is CCOCCNS(=O)(=O)/C(C#N)=C/c1ccc(-c2ccc3cc(N4CCOCC4)ccc3c2)o1. The Morgan fingerprint density at radius 2 is 1.91 bits per heavy atom. The molecule has 9 heteroatoms. The Hall–Kier alpha value is -3.16. The van der Waals surface area contributed by atoms with Crippen molar-refractivity contribution in [2.24, 2.45) is 0 Å². The van der Waals surface area contributed by atoms with Crippen LogP contribution in [0.25, 0.3) is 28.2 Å². The predicted octanol–water partition coefficient (Wildman–Crippen LogP) is 3.76. The third kappa shape index (κ3) is 5.66. The van der Waals surface area contributed by atoms with Crippen LogP contribution in [0.2, 0.25) is 0 Å². The Kier molecular flexibility index (Phi) is 7.65. The lowest BCUT2D eigenvalue weighted by molar-refractivity contribution is 0.122. The molecule has 1 aromatic heterocycles. The molecule has 1 saturated heterocycles. The quantitative estimate of drug-likeness (QED) is 0.366. The minimum absolute atomic E-state index is 0.0862. The molecule has 0 amide bonds. The zero-order valence-corrected chi connectivity index (χ0v) is 19.8. The van der Waals surface area contributed by atoms with Gasteiger partial charge in [0.1, 0.15) is 17.6 Å². The third-order valence-electron chi connectivity index (χ3n) is 5.53. The number of ether oxygens (including phenoxy) is 2. The lowest BCUT2D eigenvalue weighted by Crippen LogP contribution is -2.36. The van der Waals surface area contributed by atoms with E-state index in [4.69, 9.17) is 13.9 Å². The van der Waals surface area contributed by atoms with Crippen molar-refractivity contribution in [3.8, 4) is 17.4 Å². The Morgan fingerprint density at radius 3 is 2.68 bits per heavy atom. The highest BCUT2D eigenvalue weighted by atomic mass is 32.2. The lowest BCUT2D eigenvalue weighted by atomic mass is 10.0. The Balaban J connectivity index is 1.52. The van der Waals surface area contributed by atoms with Gasteiger partial charge in [-0.2, -0.15) is 5.26 Å². The molecule has 3 aromatic rings. The monoisotopic (exact) mass is 481 g/mol. The lowest BCUT2D eigenvalue weighted by Gasteiger charge is -2.29. The number of allylic oxidation sites excluding steroid dienone is 1. The summed E-state index contributed by atoms with van der Waals surface area (Å²) in [5.41, 5.74) is 2.04. The maximum atomic E-state index is 12.4. The average molecular weight is 482 g/mol. The first-order chi connectivity index (χ1) is 16.5. The molecule has 2 aromatic carbocycles. The van der Waals surface area contributed by atoms with Crippen LogP contribution in [-0.4, -0.2) is 54.5 Å². The van der Waals surface area contributed by atoms with Gasteiger partial charge in [-0.25, -0.2) is 13.1 Å². The van der Waals surface area contributed by atoms with Crippen molar-refractivity contribution in [3.63, 3.8) is 0 Å². The Morgan fingerprint density at radius 1 is 1.15 bits per heavy atom. The summed E-state index contributed by atoms with van der Waals surface area (Å²) in [5.74, 6) is 0.869. The Labute approximate surface area is 199 Å². The fourth-order valence-corrected chi connectivity index (χ4v) is 4.66. The van der Waals surface area contributed by atoms with Crippen LogP contribution in [-0.2, 0) is 19.5 Å². The molecule has 0 atom stereocenters. The number of nitrogens with zero attached hydrogens (tertiary/aromatic N) is 2. The van der Waals surface area contributed by atoms with Crippen molar-refractivity contribution >= 4 is 32.6 Å². The average Bonchev–Trinajstić information content (AvgIpc) is 3.34. The van der Waals surface area contributed by atoms with Gasteiger partial charge in [-0.05, 0) is 48.0 Å². The smallest absolute Gasteiger partial charge is 0.250 e. The van der Waals surface area contributed by atoms with Crippen LogP contribution in [0.5, 0.6) is 0 Å². The topological polar surface area (TPSA) is 105 Å². The molecule has 4 rings (SSSR count). The van der Waals surface area contributed by atoms with Crippen LogP contribution in [0.3, 0.4) is 0 Å². The van der Waals surface area contributed by atoms with Crippen molar-refractivity contribution in [1.29, 1.82) is 5.26 Å². The van der Waals surface area contributed by atoms with Crippen LogP contribution in [0, 0.1) is 11.3 Å². The van der Waals surface area contributed by atoms with E-state index in [0.717, 1.165) is 42.6 Å². The fourth-order valence-electron chi connectivity index (χ4n) is 3.76. The first-order valence-electron chi connectivity index (χ1n) is 11.2. The molecule has 0 unspecified atom stereocenters. The van der Waals surface area contributed by atoms with Gasteiger partial charge >= 0.3 is 0 Å². The highest BCUT2D eigenvalue weighted by molar-refractivity contribution is 7.93. The number of hydrogen-bond acceptors (Lipinski definition) is 7. The summed E-state index contributed by atoms with van der Waals surface area (Å²) in [6, 6.07) is 17.5. The van der Waals surface area contributed by atoms with E-state index in [-0.39, 0.29) is 18.9 Å². The van der Waals surface area contributed by atoms with Crippen LogP contribution in [0.1, 0.15) is 12.7 Å². The molecule has 178 valence electrons. The van der Waals surface area contributed by atoms with Crippen LogP contribution in [0.4, 0.5) is 5.69 Å². The molecular formula is C25H27N3O5S. The molecule has 1 N–H and O–H groups in total. The number of hydrogen-bond donors (Lipinski definition) is 1. The third-order valence-corrected chi connectivity index (χ3v) is 6.90. The summed E-state index contributed by atoms with van der Waals surface area (Å²) >= 11 is 0. The number of morpholine rings is 1. The van der Waals surface area contributed by atoms with Crippen molar-refractivity contribution in [3.05, 3.63) is 59.2 Å². The van der Waals surface area contributed by atoms with E-state index >= 15 is 0 Å². The maximum absolute atomic E-state index is 12.4.